The van der Waals surface area contributed by atoms with Gasteiger partial charge >= 0.3 is 0 Å². The summed E-state index contributed by atoms with van der Waals surface area (Å²) in [5.74, 6) is 2.81. The lowest BCUT2D eigenvalue weighted by Crippen LogP contribution is -2.36. The number of aliphatic hydroxyl groups is 1. The van der Waals surface area contributed by atoms with E-state index in [1.165, 1.54) is 0 Å². The van der Waals surface area contributed by atoms with Crippen molar-refractivity contribution in [2.45, 2.75) is 18.9 Å². The number of anilines is 1. The molecule has 0 saturated carbocycles. The number of hydrogen-bond acceptors (Lipinski definition) is 7. The Hall–Kier alpha value is -3.58. The summed E-state index contributed by atoms with van der Waals surface area (Å²) in [6.45, 7) is 1.47. The van der Waals surface area contributed by atoms with Gasteiger partial charge in [0.2, 0.25) is 5.71 Å². The summed E-state index contributed by atoms with van der Waals surface area (Å²) in [5.41, 5.74) is 3.35. The number of methoxy groups -OCH3 is 2. The molecule has 164 valence electrons. The number of rotatable bonds is 5. The third-order valence-electron chi connectivity index (χ3n) is 5.94. The highest BCUT2D eigenvalue weighted by atomic mass is 16.5. The van der Waals surface area contributed by atoms with Crippen molar-refractivity contribution in [3.63, 3.8) is 0 Å². The Morgan fingerprint density at radius 2 is 1.69 bits per heavy atom. The second kappa shape index (κ2) is 8.51. The van der Waals surface area contributed by atoms with E-state index in [-0.39, 0.29) is 6.10 Å². The van der Waals surface area contributed by atoms with Crippen molar-refractivity contribution in [2.24, 2.45) is 0 Å². The van der Waals surface area contributed by atoms with Gasteiger partial charge < -0.3 is 23.9 Å². The molecule has 0 amide bonds. The third-order valence-corrected chi connectivity index (χ3v) is 5.94. The van der Waals surface area contributed by atoms with Gasteiger partial charge in [-0.25, -0.2) is 9.97 Å². The summed E-state index contributed by atoms with van der Waals surface area (Å²) < 4.78 is 17.3. The molecule has 1 saturated heterocycles. The Bertz CT molecular complexity index is 1230. The number of fused-ring (bicyclic) bond motifs is 1. The second-order valence-corrected chi connectivity index (χ2v) is 7.84. The van der Waals surface area contributed by atoms with Crippen LogP contribution in [0.5, 0.6) is 11.5 Å². The highest BCUT2D eigenvalue weighted by Crippen LogP contribution is 2.45. The van der Waals surface area contributed by atoms with E-state index in [1.807, 2.05) is 36.4 Å². The molecule has 2 aromatic carbocycles. The number of furan rings is 1. The van der Waals surface area contributed by atoms with Crippen molar-refractivity contribution in [1.82, 2.24) is 9.97 Å². The van der Waals surface area contributed by atoms with Crippen molar-refractivity contribution in [2.75, 3.05) is 32.2 Å². The van der Waals surface area contributed by atoms with Crippen LogP contribution in [0.25, 0.3) is 33.6 Å². The molecular weight excluding hydrogens is 406 g/mol. The smallest absolute Gasteiger partial charge is 0.232 e. The van der Waals surface area contributed by atoms with Crippen LogP contribution in [0.1, 0.15) is 12.8 Å². The van der Waals surface area contributed by atoms with Gasteiger partial charge in [-0.1, -0.05) is 30.3 Å². The van der Waals surface area contributed by atoms with Crippen LogP contribution in [0.2, 0.25) is 0 Å². The van der Waals surface area contributed by atoms with Crippen LogP contribution in [0.4, 0.5) is 5.82 Å². The van der Waals surface area contributed by atoms with Crippen LogP contribution in [-0.4, -0.2) is 48.5 Å². The number of benzene rings is 2. The van der Waals surface area contributed by atoms with Crippen molar-refractivity contribution in [1.29, 1.82) is 0 Å². The van der Waals surface area contributed by atoms with Gasteiger partial charge in [0.15, 0.2) is 11.5 Å². The Morgan fingerprint density at radius 1 is 0.938 bits per heavy atom. The predicted octanol–water partition coefficient (Wildman–Crippen LogP) is 4.54. The Labute approximate surface area is 186 Å². The summed E-state index contributed by atoms with van der Waals surface area (Å²) >= 11 is 0. The van der Waals surface area contributed by atoms with E-state index in [0.717, 1.165) is 41.0 Å². The van der Waals surface area contributed by atoms with Crippen LogP contribution >= 0.6 is 0 Å². The maximum absolute atomic E-state index is 9.96. The normalized spacial score (nSPS) is 14.7. The topological polar surface area (TPSA) is 80.9 Å². The summed E-state index contributed by atoms with van der Waals surface area (Å²) in [4.78, 5) is 11.3. The highest BCUT2D eigenvalue weighted by Gasteiger charge is 2.27. The van der Waals surface area contributed by atoms with E-state index in [2.05, 4.69) is 27.0 Å². The fourth-order valence-corrected chi connectivity index (χ4v) is 4.30. The Morgan fingerprint density at radius 3 is 2.41 bits per heavy atom. The molecule has 7 nitrogen and oxygen atoms in total. The van der Waals surface area contributed by atoms with E-state index in [1.54, 1.807) is 20.5 Å². The molecule has 2 aromatic heterocycles. The van der Waals surface area contributed by atoms with E-state index in [9.17, 15) is 5.11 Å². The number of piperidine rings is 1. The molecule has 0 unspecified atom stereocenters. The predicted molar refractivity (Wildman–Crippen MR) is 123 cm³/mol. The quantitative estimate of drug-likeness (QED) is 0.497. The van der Waals surface area contributed by atoms with Crippen molar-refractivity contribution in [3.8, 4) is 33.9 Å². The maximum atomic E-state index is 9.96. The van der Waals surface area contributed by atoms with Gasteiger partial charge in [-0.2, -0.15) is 0 Å². The minimum absolute atomic E-state index is 0.260. The first kappa shape index (κ1) is 20.3. The third kappa shape index (κ3) is 3.54. The maximum Gasteiger partial charge on any atom is 0.232 e. The van der Waals surface area contributed by atoms with Crippen LogP contribution in [-0.2, 0) is 0 Å². The minimum Gasteiger partial charge on any atom is -0.493 e. The number of nitrogens with zero attached hydrogens (tertiary/aromatic N) is 3. The number of aliphatic hydroxyl groups excluding tert-OH is 1. The highest BCUT2D eigenvalue weighted by molar-refractivity contribution is 6.06. The van der Waals surface area contributed by atoms with Crippen LogP contribution < -0.4 is 14.4 Å². The molecule has 32 heavy (non-hydrogen) atoms. The number of hydrogen-bond donors (Lipinski definition) is 1. The second-order valence-electron chi connectivity index (χ2n) is 7.84. The molecule has 1 N–H and O–H groups in total. The zero-order valence-electron chi connectivity index (χ0n) is 18.1. The van der Waals surface area contributed by atoms with Gasteiger partial charge in [-0.3, -0.25) is 0 Å². The fourth-order valence-electron chi connectivity index (χ4n) is 4.30. The van der Waals surface area contributed by atoms with Gasteiger partial charge in [-0.15, -0.1) is 0 Å². The number of aromatic nitrogens is 2. The monoisotopic (exact) mass is 431 g/mol. The fraction of sp³-hybridized carbons (Fsp3) is 0.280. The van der Waals surface area contributed by atoms with E-state index >= 15 is 0 Å². The molecule has 4 aromatic rings. The summed E-state index contributed by atoms with van der Waals surface area (Å²) in [5, 5.41) is 10.8. The van der Waals surface area contributed by atoms with E-state index in [0.29, 0.717) is 35.8 Å². The molecule has 0 radical (unpaired) electrons. The van der Waals surface area contributed by atoms with Gasteiger partial charge in [0, 0.05) is 24.2 Å². The molecular formula is C25H25N3O4. The van der Waals surface area contributed by atoms with Gasteiger partial charge in [-0.05, 0) is 36.6 Å². The summed E-state index contributed by atoms with van der Waals surface area (Å²) in [6.07, 6.45) is 2.71. The van der Waals surface area contributed by atoms with Crippen molar-refractivity contribution >= 4 is 16.9 Å². The average Bonchev–Trinajstić information content (AvgIpc) is 3.24. The zero-order chi connectivity index (χ0) is 22.1. The molecule has 1 fully saturated rings. The number of ether oxygens (including phenoxy) is 2. The van der Waals surface area contributed by atoms with Crippen LogP contribution in [0.15, 0.2) is 59.3 Å². The lowest BCUT2D eigenvalue weighted by Gasteiger charge is -2.30. The van der Waals surface area contributed by atoms with Crippen LogP contribution in [0, 0.1) is 0 Å². The molecule has 7 heteroatoms. The van der Waals surface area contributed by atoms with Gasteiger partial charge in [0.25, 0.3) is 0 Å². The van der Waals surface area contributed by atoms with E-state index in [4.69, 9.17) is 13.9 Å². The molecule has 0 bridgehead atoms. The Kier molecular flexibility index (Phi) is 5.41. The summed E-state index contributed by atoms with van der Waals surface area (Å²) in [7, 11) is 3.23. The SMILES string of the molecule is COc1ccc(-c2oc3ncnc(N4CCC(O)CC4)c3c2-c2ccccc2)cc1OC. The first-order valence-corrected chi connectivity index (χ1v) is 10.7. The largest absolute Gasteiger partial charge is 0.493 e. The van der Waals surface area contributed by atoms with E-state index < -0.39 is 0 Å². The molecule has 3 heterocycles. The standard InChI is InChI=1S/C25H25N3O4/c1-30-19-9-8-17(14-20(19)31-2)23-21(16-6-4-3-5-7-16)22-24(26-15-27-25(22)32-23)28-12-10-18(29)11-13-28/h3-9,14-15,18,29H,10-13H2,1-2H3. The molecule has 1 aliphatic heterocycles. The zero-order valence-corrected chi connectivity index (χ0v) is 18.1. The molecule has 0 spiro atoms. The van der Waals surface area contributed by atoms with Crippen molar-refractivity contribution in [3.05, 3.63) is 54.9 Å². The lowest BCUT2D eigenvalue weighted by molar-refractivity contribution is 0.145. The summed E-state index contributed by atoms with van der Waals surface area (Å²) in [6, 6.07) is 15.9. The average molecular weight is 431 g/mol. The Balaban J connectivity index is 1.75. The molecule has 0 atom stereocenters. The lowest BCUT2D eigenvalue weighted by atomic mass is 9.98. The molecule has 1 aliphatic rings. The van der Waals surface area contributed by atoms with Gasteiger partial charge in [0.05, 0.1) is 25.7 Å². The minimum atomic E-state index is -0.260. The van der Waals surface area contributed by atoms with Gasteiger partial charge in [0.1, 0.15) is 17.9 Å². The van der Waals surface area contributed by atoms with Crippen LogP contribution in [0.3, 0.4) is 0 Å². The first-order chi connectivity index (χ1) is 15.7. The first-order valence-electron chi connectivity index (χ1n) is 10.7. The molecule has 0 aliphatic carbocycles. The van der Waals surface area contributed by atoms with Crippen molar-refractivity contribution < 1.29 is 19.0 Å². The molecule has 5 rings (SSSR count).